The molecular formula is C15H24N4O. The van der Waals surface area contributed by atoms with Gasteiger partial charge >= 0.3 is 0 Å². The van der Waals surface area contributed by atoms with E-state index in [1.807, 2.05) is 27.2 Å². The van der Waals surface area contributed by atoms with Crippen molar-refractivity contribution in [3.8, 4) is 0 Å². The van der Waals surface area contributed by atoms with E-state index in [9.17, 15) is 4.79 Å². The molecule has 0 atom stereocenters. The lowest BCUT2D eigenvalue weighted by Crippen LogP contribution is -2.48. The van der Waals surface area contributed by atoms with Crippen molar-refractivity contribution >= 4 is 5.91 Å². The van der Waals surface area contributed by atoms with E-state index in [1.165, 1.54) is 5.56 Å². The monoisotopic (exact) mass is 276 g/mol. The number of hydrogen-bond acceptors (Lipinski definition) is 4. The highest BCUT2D eigenvalue weighted by Gasteiger charge is 2.19. The second-order valence-corrected chi connectivity index (χ2v) is 5.65. The van der Waals surface area contributed by atoms with Crippen LogP contribution >= 0.6 is 0 Å². The van der Waals surface area contributed by atoms with Crippen molar-refractivity contribution in [3.05, 3.63) is 29.6 Å². The SMILES string of the molecule is Cc1ccc(CN2CCN(CC(=O)N(C)C)CC2)cn1. The number of amides is 1. The first-order valence-electron chi connectivity index (χ1n) is 7.11. The fourth-order valence-electron chi connectivity index (χ4n) is 2.29. The molecule has 20 heavy (non-hydrogen) atoms. The summed E-state index contributed by atoms with van der Waals surface area (Å²) in [6.07, 6.45) is 1.96. The van der Waals surface area contributed by atoms with Crippen LogP contribution in [-0.2, 0) is 11.3 Å². The number of aryl methyl sites for hydroxylation is 1. The third kappa shape index (κ3) is 4.28. The number of piperazine rings is 1. The number of nitrogens with zero attached hydrogens (tertiary/aromatic N) is 4. The highest BCUT2D eigenvalue weighted by atomic mass is 16.2. The molecule has 1 aromatic heterocycles. The van der Waals surface area contributed by atoms with Crippen LogP contribution in [0.2, 0.25) is 0 Å². The van der Waals surface area contributed by atoms with Gasteiger partial charge in [0.05, 0.1) is 6.54 Å². The molecule has 0 spiro atoms. The van der Waals surface area contributed by atoms with Crippen LogP contribution in [0, 0.1) is 6.92 Å². The van der Waals surface area contributed by atoms with E-state index >= 15 is 0 Å². The van der Waals surface area contributed by atoms with Gasteiger partial charge in [0, 0.05) is 58.7 Å². The molecule has 0 radical (unpaired) electrons. The quantitative estimate of drug-likeness (QED) is 0.807. The van der Waals surface area contributed by atoms with Crippen molar-refractivity contribution in [2.45, 2.75) is 13.5 Å². The summed E-state index contributed by atoms with van der Waals surface area (Å²) in [6.45, 7) is 7.42. The molecule has 1 saturated heterocycles. The third-order valence-electron chi connectivity index (χ3n) is 3.70. The molecule has 1 aliphatic heterocycles. The molecule has 5 heteroatoms. The Balaban J connectivity index is 1.77. The van der Waals surface area contributed by atoms with Crippen molar-refractivity contribution in [1.29, 1.82) is 0 Å². The number of carbonyl (C=O) groups is 1. The lowest BCUT2D eigenvalue weighted by Gasteiger charge is -2.34. The zero-order valence-corrected chi connectivity index (χ0v) is 12.7. The summed E-state index contributed by atoms with van der Waals surface area (Å²) in [5.41, 5.74) is 2.31. The van der Waals surface area contributed by atoms with Crippen molar-refractivity contribution in [2.75, 3.05) is 46.8 Å². The van der Waals surface area contributed by atoms with Gasteiger partial charge in [-0.15, -0.1) is 0 Å². The number of hydrogen-bond donors (Lipinski definition) is 0. The van der Waals surface area contributed by atoms with Crippen molar-refractivity contribution in [1.82, 2.24) is 19.7 Å². The van der Waals surface area contributed by atoms with Gasteiger partial charge in [-0.3, -0.25) is 19.6 Å². The van der Waals surface area contributed by atoms with Gasteiger partial charge in [0.25, 0.3) is 0 Å². The predicted molar refractivity (Wildman–Crippen MR) is 79.4 cm³/mol. The van der Waals surface area contributed by atoms with E-state index < -0.39 is 0 Å². The maximum absolute atomic E-state index is 11.7. The molecule has 0 aromatic carbocycles. The molecule has 1 amide bonds. The highest BCUT2D eigenvalue weighted by molar-refractivity contribution is 5.77. The molecule has 1 aromatic rings. The highest BCUT2D eigenvalue weighted by Crippen LogP contribution is 2.08. The Labute approximate surface area is 121 Å². The van der Waals surface area contributed by atoms with Crippen LogP contribution in [0.25, 0.3) is 0 Å². The normalized spacial score (nSPS) is 17.1. The lowest BCUT2D eigenvalue weighted by molar-refractivity contribution is -0.130. The molecule has 0 saturated carbocycles. The Bertz CT molecular complexity index is 436. The van der Waals surface area contributed by atoms with Gasteiger partial charge in [-0.25, -0.2) is 0 Å². The first-order chi connectivity index (χ1) is 9.54. The second-order valence-electron chi connectivity index (χ2n) is 5.65. The first kappa shape index (κ1) is 14.9. The van der Waals surface area contributed by atoms with Gasteiger partial charge in [0.2, 0.25) is 5.91 Å². The molecule has 5 nitrogen and oxygen atoms in total. The van der Waals surface area contributed by atoms with Crippen molar-refractivity contribution in [2.24, 2.45) is 0 Å². The largest absolute Gasteiger partial charge is 0.348 e. The summed E-state index contributed by atoms with van der Waals surface area (Å²) in [7, 11) is 3.62. The van der Waals surface area contributed by atoms with E-state index in [0.717, 1.165) is 38.4 Å². The molecule has 0 aliphatic carbocycles. The average Bonchev–Trinajstić information content (AvgIpc) is 2.43. The van der Waals surface area contributed by atoms with Crippen LogP contribution in [0.5, 0.6) is 0 Å². The molecule has 2 rings (SSSR count). The van der Waals surface area contributed by atoms with Crippen LogP contribution in [-0.4, -0.2) is 72.4 Å². The third-order valence-corrected chi connectivity index (χ3v) is 3.70. The zero-order valence-electron chi connectivity index (χ0n) is 12.7. The minimum atomic E-state index is 0.182. The minimum absolute atomic E-state index is 0.182. The van der Waals surface area contributed by atoms with E-state index in [2.05, 4.69) is 26.9 Å². The van der Waals surface area contributed by atoms with Crippen LogP contribution in [0.1, 0.15) is 11.3 Å². The van der Waals surface area contributed by atoms with Gasteiger partial charge in [-0.05, 0) is 18.6 Å². The lowest BCUT2D eigenvalue weighted by atomic mass is 10.2. The number of rotatable bonds is 4. The Morgan fingerprint density at radius 3 is 2.40 bits per heavy atom. The molecule has 110 valence electrons. The van der Waals surface area contributed by atoms with Gasteiger partial charge in [-0.1, -0.05) is 6.07 Å². The topological polar surface area (TPSA) is 39.7 Å². The Kier molecular flexibility index (Phi) is 5.09. The molecular weight excluding hydrogens is 252 g/mol. The van der Waals surface area contributed by atoms with E-state index in [-0.39, 0.29) is 5.91 Å². The second kappa shape index (κ2) is 6.81. The first-order valence-corrected chi connectivity index (χ1v) is 7.11. The van der Waals surface area contributed by atoms with E-state index in [0.29, 0.717) is 6.54 Å². The van der Waals surface area contributed by atoms with Gasteiger partial charge in [0.1, 0.15) is 0 Å². The van der Waals surface area contributed by atoms with Crippen molar-refractivity contribution < 1.29 is 4.79 Å². The van der Waals surface area contributed by atoms with E-state index in [4.69, 9.17) is 0 Å². The fraction of sp³-hybridized carbons (Fsp3) is 0.600. The van der Waals surface area contributed by atoms with E-state index in [1.54, 1.807) is 4.90 Å². The van der Waals surface area contributed by atoms with Crippen LogP contribution < -0.4 is 0 Å². The standard InChI is InChI=1S/C15H24N4O/c1-13-4-5-14(10-16-13)11-18-6-8-19(9-7-18)12-15(20)17(2)3/h4-5,10H,6-9,11-12H2,1-3H3. The number of aromatic nitrogens is 1. The molecule has 0 N–H and O–H groups in total. The summed E-state index contributed by atoms with van der Waals surface area (Å²) >= 11 is 0. The molecule has 0 unspecified atom stereocenters. The Hall–Kier alpha value is -1.46. The summed E-state index contributed by atoms with van der Waals surface area (Å²) in [5.74, 6) is 0.182. The van der Waals surface area contributed by atoms with Gasteiger partial charge < -0.3 is 4.90 Å². The molecule has 0 bridgehead atoms. The summed E-state index contributed by atoms with van der Waals surface area (Å²) in [4.78, 5) is 22.3. The van der Waals surface area contributed by atoms with Crippen LogP contribution in [0.3, 0.4) is 0 Å². The van der Waals surface area contributed by atoms with Crippen LogP contribution in [0.4, 0.5) is 0 Å². The van der Waals surface area contributed by atoms with Gasteiger partial charge in [0.15, 0.2) is 0 Å². The predicted octanol–water partition coefficient (Wildman–Crippen LogP) is 0.596. The van der Waals surface area contributed by atoms with Crippen LogP contribution in [0.15, 0.2) is 18.3 Å². The maximum atomic E-state index is 11.7. The molecule has 1 fully saturated rings. The number of carbonyl (C=O) groups excluding carboxylic acids is 1. The van der Waals surface area contributed by atoms with Crippen molar-refractivity contribution in [3.63, 3.8) is 0 Å². The zero-order chi connectivity index (χ0) is 14.5. The number of likely N-dealkylation sites (N-methyl/N-ethyl adjacent to an activating group) is 1. The molecule has 1 aliphatic rings. The smallest absolute Gasteiger partial charge is 0.236 e. The number of pyridine rings is 1. The molecule has 2 heterocycles. The maximum Gasteiger partial charge on any atom is 0.236 e. The fourth-order valence-corrected chi connectivity index (χ4v) is 2.29. The summed E-state index contributed by atoms with van der Waals surface area (Å²) in [5, 5.41) is 0. The summed E-state index contributed by atoms with van der Waals surface area (Å²) in [6, 6.07) is 4.20. The summed E-state index contributed by atoms with van der Waals surface area (Å²) < 4.78 is 0. The average molecular weight is 276 g/mol. The minimum Gasteiger partial charge on any atom is -0.348 e. The Morgan fingerprint density at radius 1 is 1.20 bits per heavy atom. The Morgan fingerprint density at radius 2 is 1.85 bits per heavy atom. The van der Waals surface area contributed by atoms with Gasteiger partial charge in [-0.2, -0.15) is 0 Å².